The second-order valence-corrected chi connectivity index (χ2v) is 6.84. The number of rotatable bonds is 5. The Bertz CT molecular complexity index is 462. The first kappa shape index (κ1) is 13.7. The summed E-state index contributed by atoms with van der Waals surface area (Å²) in [6.45, 7) is 6.82. The number of piperazine rings is 1. The lowest BCUT2D eigenvalue weighted by atomic mass is 10.1. The molecule has 1 aromatic heterocycles. The van der Waals surface area contributed by atoms with Crippen molar-refractivity contribution in [3.8, 4) is 0 Å². The smallest absolute Gasteiger partial charge is 0.0892 e. The Labute approximate surface area is 127 Å². The Hall–Kier alpha value is -0.970. The topological polar surface area (TPSA) is 28.6 Å². The first-order valence-corrected chi connectivity index (χ1v) is 8.35. The zero-order valence-electron chi connectivity index (χ0n) is 12.7. The molecule has 2 aliphatic heterocycles. The van der Waals surface area contributed by atoms with Crippen LogP contribution in [0.2, 0.25) is 0 Å². The third kappa shape index (κ3) is 3.44. The maximum absolute atomic E-state index is 6.09. The van der Waals surface area contributed by atoms with Crippen molar-refractivity contribution in [1.82, 2.24) is 14.8 Å². The molecule has 4 heteroatoms. The number of hydrogen-bond donors (Lipinski definition) is 0. The van der Waals surface area contributed by atoms with Gasteiger partial charge in [-0.1, -0.05) is 6.07 Å². The maximum Gasteiger partial charge on any atom is 0.0892 e. The lowest BCUT2D eigenvalue weighted by molar-refractivity contribution is 0.0441. The molecule has 0 spiro atoms. The molecule has 0 aromatic carbocycles. The summed E-state index contributed by atoms with van der Waals surface area (Å²) < 4.78 is 6.09. The van der Waals surface area contributed by atoms with Gasteiger partial charge in [0.25, 0.3) is 0 Å². The number of nitrogens with zero attached hydrogens (tertiary/aromatic N) is 3. The van der Waals surface area contributed by atoms with Gasteiger partial charge >= 0.3 is 0 Å². The predicted molar refractivity (Wildman–Crippen MR) is 82.0 cm³/mol. The molecule has 1 aliphatic carbocycles. The van der Waals surface area contributed by atoms with Crippen LogP contribution in [0.3, 0.4) is 0 Å². The average Bonchev–Trinajstić information content (AvgIpc) is 3.23. The highest BCUT2D eigenvalue weighted by Gasteiger charge is 2.37. The molecule has 4 nitrogen and oxygen atoms in total. The Kier molecular flexibility index (Phi) is 3.93. The zero-order chi connectivity index (χ0) is 14.1. The fourth-order valence-electron chi connectivity index (χ4n) is 3.70. The molecule has 1 saturated carbocycles. The molecule has 1 aromatic rings. The Morgan fingerprint density at radius 3 is 2.95 bits per heavy atom. The van der Waals surface area contributed by atoms with Crippen molar-refractivity contribution in [2.75, 3.05) is 32.7 Å². The fourth-order valence-corrected chi connectivity index (χ4v) is 3.70. The van der Waals surface area contributed by atoms with Gasteiger partial charge in [-0.15, -0.1) is 0 Å². The first-order chi connectivity index (χ1) is 10.4. The summed E-state index contributed by atoms with van der Waals surface area (Å²) in [7, 11) is 0. The van der Waals surface area contributed by atoms with E-state index >= 15 is 0 Å². The van der Waals surface area contributed by atoms with Crippen LogP contribution in [0, 0.1) is 5.92 Å². The molecule has 21 heavy (non-hydrogen) atoms. The van der Waals surface area contributed by atoms with Crippen LogP contribution in [-0.2, 0) is 11.3 Å². The Morgan fingerprint density at radius 1 is 1.19 bits per heavy atom. The minimum Gasteiger partial charge on any atom is -0.371 e. The predicted octanol–water partition coefficient (Wildman–Crippen LogP) is 1.77. The molecule has 0 amide bonds. The number of fused-ring (bicyclic) bond motifs is 1. The zero-order valence-corrected chi connectivity index (χ0v) is 12.7. The SMILES string of the molecule is c1ccc(CO[C@H]2C[C@H]3CN(CC4CC4)CCN3C2)nc1. The molecule has 3 fully saturated rings. The third-order valence-electron chi connectivity index (χ3n) is 5.07. The molecule has 0 N–H and O–H groups in total. The van der Waals surface area contributed by atoms with Gasteiger partial charge in [0.15, 0.2) is 0 Å². The van der Waals surface area contributed by atoms with E-state index in [2.05, 4.69) is 14.8 Å². The van der Waals surface area contributed by atoms with Gasteiger partial charge in [0.05, 0.1) is 18.4 Å². The highest BCUT2D eigenvalue weighted by Crippen LogP contribution is 2.31. The van der Waals surface area contributed by atoms with Crippen LogP contribution in [0.25, 0.3) is 0 Å². The largest absolute Gasteiger partial charge is 0.371 e. The maximum atomic E-state index is 6.09. The van der Waals surface area contributed by atoms with E-state index in [0.717, 1.165) is 18.2 Å². The van der Waals surface area contributed by atoms with Crippen LogP contribution in [0.15, 0.2) is 24.4 Å². The average molecular weight is 287 g/mol. The van der Waals surface area contributed by atoms with E-state index in [1.165, 1.54) is 45.4 Å². The molecule has 4 rings (SSSR count). The summed E-state index contributed by atoms with van der Waals surface area (Å²) in [6, 6.07) is 6.73. The second kappa shape index (κ2) is 6.03. The van der Waals surface area contributed by atoms with Crippen molar-refractivity contribution in [2.45, 2.75) is 38.0 Å². The Morgan fingerprint density at radius 2 is 2.14 bits per heavy atom. The molecule has 2 saturated heterocycles. The van der Waals surface area contributed by atoms with Crippen molar-refractivity contribution in [1.29, 1.82) is 0 Å². The van der Waals surface area contributed by atoms with E-state index in [4.69, 9.17) is 4.74 Å². The summed E-state index contributed by atoms with van der Waals surface area (Å²) in [5.74, 6) is 1.01. The molecule has 0 radical (unpaired) electrons. The van der Waals surface area contributed by atoms with E-state index in [1.54, 1.807) is 0 Å². The van der Waals surface area contributed by atoms with Gasteiger partial charge in [-0.05, 0) is 37.3 Å². The van der Waals surface area contributed by atoms with Crippen LogP contribution in [0.1, 0.15) is 25.0 Å². The van der Waals surface area contributed by atoms with Crippen molar-refractivity contribution in [3.63, 3.8) is 0 Å². The fraction of sp³-hybridized carbons (Fsp3) is 0.706. The summed E-state index contributed by atoms with van der Waals surface area (Å²) in [5, 5.41) is 0. The monoisotopic (exact) mass is 287 g/mol. The highest BCUT2D eigenvalue weighted by atomic mass is 16.5. The second-order valence-electron chi connectivity index (χ2n) is 6.84. The number of aromatic nitrogens is 1. The van der Waals surface area contributed by atoms with Crippen LogP contribution in [-0.4, -0.2) is 59.7 Å². The van der Waals surface area contributed by atoms with Crippen LogP contribution >= 0.6 is 0 Å². The van der Waals surface area contributed by atoms with Crippen molar-refractivity contribution in [2.24, 2.45) is 5.92 Å². The summed E-state index contributed by atoms with van der Waals surface area (Å²) in [4.78, 5) is 9.65. The summed E-state index contributed by atoms with van der Waals surface area (Å²) in [5.41, 5.74) is 1.04. The van der Waals surface area contributed by atoms with E-state index in [0.29, 0.717) is 18.8 Å². The van der Waals surface area contributed by atoms with Crippen LogP contribution in [0.4, 0.5) is 0 Å². The lowest BCUT2D eigenvalue weighted by Gasteiger charge is -2.37. The van der Waals surface area contributed by atoms with Gasteiger partial charge in [0, 0.05) is 45.0 Å². The van der Waals surface area contributed by atoms with E-state index in [-0.39, 0.29) is 0 Å². The van der Waals surface area contributed by atoms with Gasteiger partial charge in [-0.3, -0.25) is 9.88 Å². The number of ether oxygens (including phenoxy) is 1. The number of hydrogen-bond acceptors (Lipinski definition) is 4. The minimum atomic E-state index is 0.387. The van der Waals surface area contributed by atoms with Gasteiger partial charge in [0.1, 0.15) is 0 Å². The van der Waals surface area contributed by atoms with Crippen molar-refractivity contribution >= 4 is 0 Å². The molecule has 3 aliphatic rings. The van der Waals surface area contributed by atoms with E-state index < -0.39 is 0 Å². The molecule has 0 unspecified atom stereocenters. The molecular weight excluding hydrogens is 262 g/mol. The Balaban J connectivity index is 1.26. The lowest BCUT2D eigenvalue weighted by Crippen LogP contribution is -2.50. The van der Waals surface area contributed by atoms with Crippen molar-refractivity contribution in [3.05, 3.63) is 30.1 Å². The summed E-state index contributed by atoms with van der Waals surface area (Å²) in [6.07, 6.45) is 6.33. The molecule has 2 atom stereocenters. The van der Waals surface area contributed by atoms with E-state index in [9.17, 15) is 0 Å². The standard InChI is InChI=1S/C17H25N3O/c1-2-6-18-15(3-1)13-21-17-9-16-11-19(10-14-4-5-14)7-8-20(16)12-17/h1-3,6,14,16-17H,4-5,7-13H2/t16-,17-/m0/s1. The number of pyridine rings is 1. The quantitative estimate of drug-likeness (QED) is 0.825. The molecule has 3 heterocycles. The van der Waals surface area contributed by atoms with Crippen LogP contribution < -0.4 is 0 Å². The van der Waals surface area contributed by atoms with Gasteiger partial charge in [-0.25, -0.2) is 0 Å². The van der Waals surface area contributed by atoms with Gasteiger partial charge in [0.2, 0.25) is 0 Å². The van der Waals surface area contributed by atoms with Crippen LogP contribution in [0.5, 0.6) is 0 Å². The van der Waals surface area contributed by atoms with Gasteiger partial charge < -0.3 is 9.64 Å². The molecule has 114 valence electrons. The van der Waals surface area contributed by atoms with Crippen molar-refractivity contribution < 1.29 is 4.74 Å². The first-order valence-electron chi connectivity index (χ1n) is 8.35. The summed E-state index contributed by atoms with van der Waals surface area (Å²) >= 11 is 0. The third-order valence-corrected chi connectivity index (χ3v) is 5.07. The van der Waals surface area contributed by atoms with Gasteiger partial charge in [-0.2, -0.15) is 0 Å². The minimum absolute atomic E-state index is 0.387. The molecule has 0 bridgehead atoms. The van der Waals surface area contributed by atoms with E-state index in [1.807, 2.05) is 24.4 Å². The normalized spacial score (nSPS) is 30.5. The highest BCUT2D eigenvalue weighted by molar-refractivity contribution is 5.02. The molecular formula is C17H25N3O.